The minimum absolute atomic E-state index is 0.0679. The third kappa shape index (κ3) is 5.42. The number of halogens is 2. The molecule has 0 bridgehead atoms. The molecule has 4 rings (SSSR count). The number of carbonyl (C=O) groups is 4. The van der Waals surface area contributed by atoms with E-state index in [1.54, 1.807) is 12.1 Å². The third-order valence-electron chi connectivity index (χ3n) is 4.89. The molecule has 1 aliphatic heterocycles. The number of anilines is 1. The summed E-state index contributed by atoms with van der Waals surface area (Å²) in [6.45, 7) is 0. The van der Waals surface area contributed by atoms with Gasteiger partial charge in [-0.15, -0.1) is 0 Å². The van der Waals surface area contributed by atoms with Crippen LogP contribution in [-0.2, 0) is 14.4 Å². The van der Waals surface area contributed by atoms with Gasteiger partial charge in [-0.05, 0) is 48.0 Å². The lowest BCUT2D eigenvalue weighted by Gasteiger charge is -2.26. The smallest absolute Gasteiger partial charge is 0.336 e. The topological polar surface area (TPSA) is 92.8 Å². The Bertz CT molecular complexity index is 1400. The quantitative estimate of drug-likeness (QED) is 0.218. The zero-order valence-corrected chi connectivity index (χ0v) is 19.5. The van der Waals surface area contributed by atoms with Crippen molar-refractivity contribution in [2.75, 3.05) is 4.90 Å². The third-order valence-corrected chi connectivity index (χ3v) is 5.38. The van der Waals surface area contributed by atoms with Crippen LogP contribution >= 0.6 is 15.9 Å². The molecule has 9 heteroatoms. The molecule has 0 saturated carbocycles. The maximum atomic E-state index is 14.3. The van der Waals surface area contributed by atoms with Gasteiger partial charge in [0.2, 0.25) is 0 Å². The highest BCUT2D eigenvalue weighted by Gasteiger charge is 2.38. The molecule has 1 fully saturated rings. The molecule has 0 aliphatic carbocycles. The summed E-state index contributed by atoms with van der Waals surface area (Å²) in [6.07, 6.45) is 3.99. The summed E-state index contributed by atoms with van der Waals surface area (Å²) in [4.78, 5) is 50.8. The number of esters is 1. The Morgan fingerprint density at radius 2 is 1.69 bits per heavy atom. The van der Waals surface area contributed by atoms with Crippen LogP contribution in [0.25, 0.3) is 12.2 Å². The maximum Gasteiger partial charge on any atom is 0.336 e. The van der Waals surface area contributed by atoms with Gasteiger partial charge in [-0.2, -0.15) is 0 Å². The Hall–Kier alpha value is -4.37. The standard InChI is InChI=1S/C26H16BrFN2O5/c27-18-11-12-22(35-23(31)13-10-16-6-2-1-3-7-16)17(14-18)15-19-24(32)29-26(34)30(25(19)33)21-9-5-4-8-20(21)28/h1-15H,(H,29,32,34)/b13-10+,19-15-. The number of rotatable bonds is 5. The number of carbonyl (C=O) groups excluding carboxylic acids is 4. The number of nitrogens with zero attached hydrogens (tertiary/aromatic N) is 1. The van der Waals surface area contributed by atoms with Crippen molar-refractivity contribution >= 4 is 57.6 Å². The first-order valence-electron chi connectivity index (χ1n) is 10.2. The second-order valence-corrected chi connectivity index (χ2v) is 8.17. The number of benzene rings is 3. The van der Waals surface area contributed by atoms with Gasteiger partial charge in [0, 0.05) is 16.1 Å². The van der Waals surface area contributed by atoms with Crippen molar-refractivity contribution in [3.05, 3.63) is 106 Å². The Morgan fingerprint density at radius 3 is 2.43 bits per heavy atom. The summed E-state index contributed by atoms with van der Waals surface area (Å²) in [5, 5.41) is 2.03. The van der Waals surface area contributed by atoms with Gasteiger partial charge in [0.05, 0.1) is 5.69 Å². The zero-order chi connectivity index (χ0) is 24.9. The van der Waals surface area contributed by atoms with E-state index in [1.165, 1.54) is 42.5 Å². The number of hydrogen-bond donors (Lipinski definition) is 1. The van der Waals surface area contributed by atoms with Gasteiger partial charge in [0.1, 0.15) is 17.1 Å². The van der Waals surface area contributed by atoms with Gasteiger partial charge in [0.25, 0.3) is 11.8 Å². The Balaban J connectivity index is 1.66. The number of amides is 4. The lowest BCUT2D eigenvalue weighted by molar-refractivity contribution is -0.129. The number of nitrogens with one attached hydrogen (secondary N) is 1. The van der Waals surface area contributed by atoms with Gasteiger partial charge < -0.3 is 4.74 Å². The van der Waals surface area contributed by atoms with Crippen LogP contribution in [0, 0.1) is 5.82 Å². The van der Waals surface area contributed by atoms with E-state index in [9.17, 15) is 23.6 Å². The summed E-state index contributed by atoms with van der Waals surface area (Å²) >= 11 is 3.30. The largest absolute Gasteiger partial charge is 0.423 e. The first kappa shape index (κ1) is 23.8. The van der Waals surface area contributed by atoms with Gasteiger partial charge in [-0.3, -0.25) is 14.9 Å². The normalized spacial score (nSPS) is 15.0. The van der Waals surface area contributed by atoms with Crippen molar-refractivity contribution in [3.63, 3.8) is 0 Å². The molecule has 0 aromatic heterocycles. The van der Waals surface area contributed by atoms with Crippen LogP contribution in [0.4, 0.5) is 14.9 Å². The maximum absolute atomic E-state index is 14.3. The molecule has 1 saturated heterocycles. The van der Waals surface area contributed by atoms with Crippen molar-refractivity contribution in [2.45, 2.75) is 0 Å². The Labute approximate surface area is 207 Å². The molecule has 0 unspecified atom stereocenters. The second kappa shape index (κ2) is 10.3. The SMILES string of the molecule is O=C(/C=C/c1ccccc1)Oc1ccc(Br)cc1/C=C1/C(=O)NC(=O)N(c2ccccc2F)C1=O. The lowest BCUT2D eigenvalue weighted by Crippen LogP contribution is -2.54. The van der Waals surface area contributed by atoms with Gasteiger partial charge in [-0.25, -0.2) is 18.9 Å². The van der Waals surface area contributed by atoms with Crippen molar-refractivity contribution < 1.29 is 28.3 Å². The molecule has 3 aromatic carbocycles. The summed E-state index contributed by atoms with van der Waals surface area (Å²) in [5.74, 6) is -3.41. The van der Waals surface area contributed by atoms with Crippen molar-refractivity contribution in [3.8, 4) is 5.75 Å². The predicted molar refractivity (Wildman–Crippen MR) is 131 cm³/mol. The molecule has 0 spiro atoms. The number of barbiturate groups is 1. The molecular weight excluding hydrogens is 519 g/mol. The number of para-hydroxylation sites is 1. The summed E-state index contributed by atoms with van der Waals surface area (Å²) in [7, 11) is 0. The Kier molecular flexibility index (Phi) is 6.98. The highest BCUT2D eigenvalue weighted by Crippen LogP contribution is 2.29. The van der Waals surface area contributed by atoms with E-state index in [1.807, 2.05) is 35.6 Å². The molecule has 174 valence electrons. The van der Waals surface area contributed by atoms with E-state index < -0.39 is 35.2 Å². The van der Waals surface area contributed by atoms with Gasteiger partial charge in [-0.1, -0.05) is 58.4 Å². The molecule has 7 nitrogen and oxygen atoms in total. The molecule has 1 aliphatic rings. The van der Waals surface area contributed by atoms with E-state index in [2.05, 4.69) is 15.9 Å². The van der Waals surface area contributed by atoms with Crippen LogP contribution < -0.4 is 15.0 Å². The van der Waals surface area contributed by atoms with Gasteiger partial charge >= 0.3 is 12.0 Å². The van der Waals surface area contributed by atoms with Crippen LogP contribution in [0.5, 0.6) is 5.75 Å². The molecular formula is C26H16BrFN2O5. The first-order valence-corrected chi connectivity index (χ1v) is 11.0. The van der Waals surface area contributed by atoms with Crippen LogP contribution in [0.2, 0.25) is 0 Å². The highest BCUT2D eigenvalue weighted by atomic mass is 79.9. The van der Waals surface area contributed by atoms with Crippen LogP contribution in [0.15, 0.2) is 88.9 Å². The number of urea groups is 1. The first-order chi connectivity index (χ1) is 16.8. The molecule has 1 heterocycles. The molecule has 35 heavy (non-hydrogen) atoms. The summed E-state index contributed by atoms with van der Waals surface area (Å²) in [6, 6.07) is 17.9. The minimum atomic E-state index is -1.07. The van der Waals surface area contributed by atoms with Crippen LogP contribution in [0.1, 0.15) is 11.1 Å². The number of ether oxygens (including phenoxy) is 1. The fourth-order valence-corrected chi connectivity index (χ4v) is 3.64. The average molecular weight is 535 g/mol. The molecule has 4 amide bonds. The number of hydrogen-bond acceptors (Lipinski definition) is 5. The lowest BCUT2D eigenvalue weighted by atomic mass is 10.1. The van der Waals surface area contributed by atoms with Crippen molar-refractivity contribution in [1.29, 1.82) is 0 Å². The Morgan fingerprint density at radius 1 is 0.971 bits per heavy atom. The predicted octanol–water partition coefficient (Wildman–Crippen LogP) is 4.87. The molecule has 3 aromatic rings. The summed E-state index contributed by atoms with van der Waals surface area (Å²) < 4.78 is 20.3. The minimum Gasteiger partial charge on any atom is -0.423 e. The monoisotopic (exact) mass is 534 g/mol. The van der Waals surface area contributed by atoms with E-state index in [4.69, 9.17) is 4.74 Å². The van der Waals surface area contributed by atoms with Gasteiger partial charge in [0.15, 0.2) is 0 Å². The molecule has 0 radical (unpaired) electrons. The van der Waals surface area contributed by atoms with E-state index in [0.717, 1.165) is 11.6 Å². The second-order valence-electron chi connectivity index (χ2n) is 7.26. The molecule has 1 N–H and O–H groups in total. The highest BCUT2D eigenvalue weighted by molar-refractivity contribution is 9.10. The van der Waals surface area contributed by atoms with E-state index in [0.29, 0.717) is 9.37 Å². The molecule has 0 atom stereocenters. The van der Waals surface area contributed by atoms with Crippen molar-refractivity contribution in [2.24, 2.45) is 0 Å². The van der Waals surface area contributed by atoms with E-state index in [-0.39, 0.29) is 17.0 Å². The van der Waals surface area contributed by atoms with Crippen molar-refractivity contribution in [1.82, 2.24) is 5.32 Å². The van der Waals surface area contributed by atoms with Crippen LogP contribution in [-0.4, -0.2) is 23.8 Å². The van der Waals surface area contributed by atoms with E-state index >= 15 is 0 Å². The number of imide groups is 2. The summed E-state index contributed by atoms with van der Waals surface area (Å²) in [5.41, 5.74) is 0.260. The average Bonchev–Trinajstić information content (AvgIpc) is 2.84. The zero-order valence-electron chi connectivity index (χ0n) is 17.9. The fourth-order valence-electron chi connectivity index (χ4n) is 3.26. The fraction of sp³-hybridized carbons (Fsp3) is 0. The van der Waals surface area contributed by atoms with Crippen LogP contribution in [0.3, 0.4) is 0 Å².